The zero-order chi connectivity index (χ0) is 6.41. The van der Waals surface area contributed by atoms with Gasteiger partial charge in [-0.15, -0.1) is 0 Å². The first-order valence-corrected chi connectivity index (χ1v) is 3.57. The summed E-state index contributed by atoms with van der Waals surface area (Å²) in [5.74, 6) is 4.52. The third kappa shape index (κ3) is 9.49. The van der Waals surface area contributed by atoms with Crippen LogP contribution in [0, 0.1) is 41.7 Å². The van der Waals surface area contributed by atoms with E-state index in [0.717, 1.165) is 6.42 Å². The van der Waals surface area contributed by atoms with Gasteiger partial charge in [-0.2, -0.15) is 0 Å². The first-order chi connectivity index (χ1) is 3.81. The van der Waals surface area contributed by atoms with Crippen LogP contribution in [0.25, 0.3) is 0 Å². The monoisotopic (exact) mass is 279 g/mol. The van der Waals surface area contributed by atoms with E-state index in [-0.39, 0.29) is 41.7 Å². The molecule has 0 aliphatic rings. The molecule has 0 aliphatic heterocycles. The Labute approximate surface area is 88.8 Å². The largest absolute Gasteiger partial charge is 0.335 e. The first-order valence-electron chi connectivity index (χ1n) is 2.34. The molecule has 0 aromatic rings. The summed E-state index contributed by atoms with van der Waals surface area (Å²) in [6.07, 6.45) is 0.819. The molecule has 2 N–H and O–H groups in total. The van der Waals surface area contributed by atoms with Crippen molar-refractivity contribution >= 4 is 8.25 Å². The molecule has 54 valence electrons. The second-order valence-electron chi connectivity index (χ2n) is 1.22. The second kappa shape index (κ2) is 9.49. The van der Waals surface area contributed by atoms with Gasteiger partial charge in [0.1, 0.15) is 0 Å². The molecule has 0 aromatic carbocycles. The van der Waals surface area contributed by atoms with Crippen molar-refractivity contribution in [2.75, 3.05) is 6.61 Å². The van der Waals surface area contributed by atoms with Gasteiger partial charge in [-0.25, -0.2) is 10.5 Å². The summed E-state index contributed by atoms with van der Waals surface area (Å²) in [5.41, 5.74) is 0. The number of hydrogen-bond donors (Lipinski definition) is 1. The topological polar surface area (TPSA) is 61.5 Å². The fourth-order valence-corrected chi connectivity index (χ4v) is 0.658. The molecule has 0 rings (SSSR count). The van der Waals surface area contributed by atoms with Gasteiger partial charge in [0.15, 0.2) is 0 Å². The van der Waals surface area contributed by atoms with Crippen LogP contribution >= 0.6 is 8.25 Å². The Balaban J connectivity index is 0. The second-order valence-corrected chi connectivity index (χ2v) is 2.24. The number of nitrogens with two attached hydrogens (primary N) is 1. The first kappa shape index (κ1) is 13.1. The summed E-state index contributed by atoms with van der Waals surface area (Å²) in [7, 11) is -2.36. The number of hydrogen-bond acceptors (Lipinski definition) is 4. The molecular weight excluding hydrogens is 269 g/mol. The summed E-state index contributed by atoms with van der Waals surface area (Å²) in [6.45, 7) is 2.35. The van der Waals surface area contributed by atoms with Gasteiger partial charge < -0.3 is 4.52 Å². The zero-order valence-electron chi connectivity index (χ0n) is 5.22. The predicted octanol–water partition coefficient (Wildman–Crippen LogP) is 0.693. The van der Waals surface area contributed by atoms with Gasteiger partial charge >= 0.3 is 8.25 Å². The molecule has 6 heteroatoms. The smallest absolute Gasteiger partial charge is 0.310 e. The van der Waals surface area contributed by atoms with E-state index in [2.05, 4.69) is 15.0 Å². The van der Waals surface area contributed by atoms with Crippen molar-refractivity contribution in [3.8, 4) is 0 Å². The van der Waals surface area contributed by atoms with E-state index in [9.17, 15) is 4.57 Å². The van der Waals surface area contributed by atoms with Gasteiger partial charge in [0.2, 0.25) is 0 Å². The van der Waals surface area contributed by atoms with E-state index in [4.69, 9.17) is 0 Å². The summed E-state index contributed by atoms with van der Waals surface area (Å²) in [4.78, 5) is 0. The summed E-state index contributed by atoms with van der Waals surface area (Å²) >= 11 is 0. The van der Waals surface area contributed by atoms with Crippen molar-refractivity contribution in [2.24, 2.45) is 5.90 Å². The normalized spacial score (nSPS) is 12.2. The van der Waals surface area contributed by atoms with Gasteiger partial charge in [-0.3, -0.25) is 4.57 Å². The molecule has 0 saturated carbocycles. The van der Waals surface area contributed by atoms with Crippen LogP contribution in [0.1, 0.15) is 13.3 Å². The van der Waals surface area contributed by atoms with Crippen molar-refractivity contribution in [1.29, 1.82) is 0 Å². The molecule has 1 atom stereocenters. The van der Waals surface area contributed by atoms with Crippen LogP contribution in [0.4, 0.5) is 0 Å². The Morgan fingerprint density at radius 2 is 2.22 bits per heavy atom. The Kier molecular flexibility index (Phi) is 13.8. The molecule has 0 heterocycles. The van der Waals surface area contributed by atoms with Gasteiger partial charge in [-0.1, -0.05) is 6.92 Å². The van der Waals surface area contributed by atoms with Crippen molar-refractivity contribution in [1.82, 2.24) is 0 Å². The van der Waals surface area contributed by atoms with Crippen molar-refractivity contribution in [3.63, 3.8) is 0 Å². The van der Waals surface area contributed by atoms with E-state index >= 15 is 0 Å². The van der Waals surface area contributed by atoms with Crippen molar-refractivity contribution < 1.29 is 55.5 Å². The van der Waals surface area contributed by atoms with Gasteiger partial charge in [0, 0.05) is 41.7 Å². The Hall–Kier alpha value is 1.49. The van der Waals surface area contributed by atoms with Gasteiger partial charge in [0.25, 0.3) is 0 Å². The summed E-state index contributed by atoms with van der Waals surface area (Å²) in [6, 6.07) is 0. The van der Waals surface area contributed by atoms with Crippen LogP contribution in [0.2, 0.25) is 0 Å². The minimum atomic E-state index is -2.36. The molecule has 4 nitrogen and oxygen atoms in total. The molecular formula is C3H10CeNO3P. The third-order valence-corrected chi connectivity index (χ3v) is 1.15. The molecule has 0 amide bonds. The van der Waals surface area contributed by atoms with Crippen LogP contribution in [0.5, 0.6) is 0 Å². The molecule has 1 unspecified atom stereocenters. The molecule has 0 aliphatic carbocycles. The van der Waals surface area contributed by atoms with Crippen LogP contribution in [0.15, 0.2) is 0 Å². The average molecular weight is 279 g/mol. The standard InChI is InChI=1S/C3H10NO3P.Ce/c1-2-3-6-8(5)7-4;/h8H,2-4H2,1H3;. The van der Waals surface area contributed by atoms with E-state index in [1.165, 1.54) is 0 Å². The molecule has 9 heavy (non-hydrogen) atoms. The Morgan fingerprint density at radius 1 is 1.67 bits per heavy atom. The Morgan fingerprint density at radius 3 is 2.56 bits per heavy atom. The van der Waals surface area contributed by atoms with E-state index < -0.39 is 8.25 Å². The maximum absolute atomic E-state index is 10.2. The molecule has 0 spiro atoms. The molecule has 0 saturated heterocycles. The SMILES string of the molecule is CCCO[PH](=O)ON.[Ce]. The quantitative estimate of drug-likeness (QED) is 0.607. The minimum absolute atomic E-state index is 0. The molecule has 0 bridgehead atoms. The van der Waals surface area contributed by atoms with Crippen LogP contribution in [-0.2, 0) is 13.7 Å². The fourth-order valence-electron chi connectivity index (χ4n) is 0.219. The van der Waals surface area contributed by atoms with Crippen LogP contribution in [-0.4, -0.2) is 6.61 Å². The van der Waals surface area contributed by atoms with Crippen molar-refractivity contribution in [2.45, 2.75) is 13.3 Å². The summed E-state index contributed by atoms with van der Waals surface area (Å²) < 4.78 is 18.6. The molecule has 0 fully saturated rings. The van der Waals surface area contributed by atoms with E-state index in [0.29, 0.717) is 6.61 Å². The van der Waals surface area contributed by atoms with Crippen LogP contribution in [0.3, 0.4) is 0 Å². The molecule has 0 radical (unpaired) electrons. The maximum atomic E-state index is 10.2. The summed E-state index contributed by atoms with van der Waals surface area (Å²) in [5, 5.41) is 0. The average Bonchev–Trinajstić information content (AvgIpc) is 1.83. The van der Waals surface area contributed by atoms with E-state index in [1.807, 2.05) is 6.92 Å². The molecule has 0 aromatic heterocycles. The number of rotatable bonds is 4. The minimum Gasteiger partial charge on any atom is -0.310 e. The maximum Gasteiger partial charge on any atom is 0.335 e. The predicted molar refractivity (Wildman–Crippen MR) is 30.5 cm³/mol. The fraction of sp³-hybridized carbons (Fsp3) is 1.00. The third-order valence-electron chi connectivity index (χ3n) is 0.520. The Bertz CT molecular complexity index is 81.5. The zero-order valence-corrected chi connectivity index (χ0v) is 9.36. The van der Waals surface area contributed by atoms with E-state index in [1.54, 1.807) is 0 Å². The van der Waals surface area contributed by atoms with Gasteiger partial charge in [0.05, 0.1) is 6.61 Å². The van der Waals surface area contributed by atoms with Crippen LogP contribution < -0.4 is 5.90 Å². The van der Waals surface area contributed by atoms with Crippen molar-refractivity contribution in [3.05, 3.63) is 0 Å². The van der Waals surface area contributed by atoms with Gasteiger partial charge in [-0.05, 0) is 6.42 Å².